The van der Waals surface area contributed by atoms with E-state index in [0.717, 1.165) is 46.2 Å². The summed E-state index contributed by atoms with van der Waals surface area (Å²) in [7, 11) is 2.89. The fourth-order valence-electron chi connectivity index (χ4n) is 5.07. The number of ether oxygens (including phenoxy) is 3. The molecule has 2 unspecified atom stereocenters. The van der Waals surface area contributed by atoms with Crippen molar-refractivity contribution < 1.29 is 41.8 Å². The molecule has 9 nitrogen and oxygen atoms in total. The molecule has 41 heavy (non-hydrogen) atoms. The number of anilines is 1. The van der Waals surface area contributed by atoms with Gasteiger partial charge in [0.1, 0.15) is 11.8 Å². The lowest BCUT2D eigenvalue weighted by Gasteiger charge is -2.31. The third-order valence-corrected chi connectivity index (χ3v) is 9.44. The lowest BCUT2D eigenvalue weighted by molar-refractivity contribution is -0.144. The number of halogens is 3. The Bertz CT molecular complexity index is 1600. The van der Waals surface area contributed by atoms with Crippen molar-refractivity contribution in [2.24, 2.45) is 5.92 Å². The second-order valence-electron chi connectivity index (χ2n) is 9.14. The fourth-order valence-corrected chi connectivity index (χ4v) is 7.85. The van der Waals surface area contributed by atoms with Crippen molar-refractivity contribution in [3.05, 3.63) is 68.1 Å². The highest BCUT2D eigenvalue weighted by molar-refractivity contribution is 8.00. The Hall–Kier alpha value is -3.78. The van der Waals surface area contributed by atoms with E-state index in [1.54, 1.807) is 25.1 Å². The van der Waals surface area contributed by atoms with Gasteiger partial charge in [-0.3, -0.25) is 23.7 Å². The minimum absolute atomic E-state index is 0.102. The number of hydrogen-bond acceptors (Lipinski definition) is 9. The quantitative estimate of drug-likeness (QED) is 0.289. The number of hydrogen-bond donors (Lipinski definition) is 0. The van der Waals surface area contributed by atoms with Crippen LogP contribution < -0.4 is 19.2 Å². The molecule has 3 heterocycles. The summed E-state index contributed by atoms with van der Waals surface area (Å²) in [5, 5.41) is -0.758. The molecule has 0 saturated carbocycles. The van der Waals surface area contributed by atoms with Crippen molar-refractivity contribution in [2.75, 3.05) is 25.7 Å². The summed E-state index contributed by atoms with van der Waals surface area (Å²) in [5.74, 6) is -3.22. The Kier molecular flexibility index (Phi) is 7.64. The summed E-state index contributed by atoms with van der Waals surface area (Å²) in [6.07, 6.45) is -4.68. The first-order valence-corrected chi connectivity index (χ1v) is 14.0. The lowest BCUT2D eigenvalue weighted by Crippen LogP contribution is -2.32. The summed E-state index contributed by atoms with van der Waals surface area (Å²) >= 11 is 1.78. The van der Waals surface area contributed by atoms with Crippen LogP contribution in [0.3, 0.4) is 0 Å². The molecule has 216 valence electrons. The molecule has 1 saturated heterocycles. The van der Waals surface area contributed by atoms with E-state index in [1.807, 2.05) is 0 Å². The number of nitrogens with zero attached hydrogens (tertiary/aromatic N) is 2. The minimum atomic E-state index is -4.68. The highest BCUT2D eigenvalue weighted by Gasteiger charge is 2.57. The number of esters is 1. The highest BCUT2D eigenvalue weighted by Crippen LogP contribution is 2.54. The molecule has 0 radical (unpaired) electrons. The number of aromatic nitrogens is 1. The van der Waals surface area contributed by atoms with Crippen LogP contribution in [-0.4, -0.2) is 48.4 Å². The number of carbonyl (C=O) groups excluding carboxylic acids is 3. The molecule has 2 amide bonds. The molecule has 14 heteroatoms. The first-order chi connectivity index (χ1) is 19.5. The van der Waals surface area contributed by atoms with Gasteiger partial charge >= 0.3 is 17.0 Å². The average Bonchev–Trinajstić information content (AvgIpc) is 3.38. The van der Waals surface area contributed by atoms with Gasteiger partial charge in [-0.05, 0) is 42.8 Å². The van der Waals surface area contributed by atoms with E-state index in [4.69, 9.17) is 14.2 Å². The summed E-state index contributed by atoms with van der Waals surface area (Å²) in [6, 6.07) is 8.94. The first-order valence-electron chi connectivity index (χ1n) is 12.3. The van der Waals surface area contributed by atoms with Crippen molar-refractivity contribution in [1.29, 1.82) is 0 Å². The lowest BCUT2D eigenvalue weighted by atomic mass is 9.83. The van der Waals surface area contributed by atoms with Crippen molar-refractivity contribution in [1.82, 2.24) is 4.57 Å². The molecule has 0 aliphatic carbocycles. The molecular formula is C27H23F3N2O7S2. The maximum absolute atomic E-state index is 13.9. The summed E-state index contributed by atoms with van der Waals surface area (Å²) in [6.45, 7) is 1.33. The second kappa shape index (κ2) is 10.9. The zero-order valence-electron chi connectivity index (χ0n) is 21.9. The van der Waals surface area contributed by atoms with E-state index in [1.165, 1.54) is 24.9 Å². The van der Waals surface area contributed by atoms with E-state index >= 15 is 0 Å². The number of thioether (sulfide) groups is 1. The Labute approximate surface area is 239 Å². The smallest absolute Gasteiger partial charge is 0.416 e. The van der Waals surface area contributed by atoms with Gasteiger partial charge in [0, 0.05) is 10.8 Å². The van der Waals surface area contributed by atoms with Gasteiger partial charge in [-0.15, -0.1) is 0 Å². The Morgan fingerprint density at radius 1 is 1.00 bits per heavy atom. The van der Waals surface area contributed by atoms with Crippen molar-refractivity contribution in [3.8, 4) is 11.5 Å². The van der Waals surface area contributed by atoms with Crippen molar-refractivity contribution >= 4 is 46.6 Å². The molecule has 1 aromatic heterocycles. The summed E-state index contributed by atoms with van der Waals surface area (Å²) in [5.41, 5.74) is -0.684. The van der Waals surface area contributed by atoms with Gasteiger partial charge in [0.15, 0.2) is 11.5 Å². The summed E-state index contributed by atoms with van der Waals surface area (Å²) < 4.78 is 57.3. The van der Waals surface area contributed by atoms with Crippen LogP contribution in [0.15, 0.2) is 52.3 Å². The first kappa shape index (κ1) is 28.7. The van der Waals surface area contributed by atoms with Gasteiger partial charge in [-0.1, -0.05) is 35.2 Å². The normalized spacial score (nSPS) is 20.0. The Morgan fingerprint density at radius 3 is 2.39 bits per heavy atom. The third kappa shape index (κ3) is 4.99. The largest absolute Gasteiger partial charge is 0.493 e. The number of rotatable bonds is 7. The maximum atomic E-state index is 13.9. The number of alkyl halides is 3. The SMILES string of the molecule is CCOC(=O)Cn1c2c(sc1=O)[C@H](c1ccc(OC)c(OC)c1)C1C(=O)N(c3cccc(C(F)(F)F)c3)C(=O)C1S2. The van der Waals surface area contributed by atoms with Gasteiger partial charge in [0.25, 0.3) is 0 Å². The number of imide groups is 1. The van der Waals surface area contributed by atoms with Gasteiger partial charge in [0.2, 0.25) is 11.8 Å². The molecule has 5 rings (SSSR count). The van der Waals surface area contributed by atoms with Gasteiger partial charge < -0.3 is 14.2 Å². The van der Waals surface area contributed by atoms with E-state index in [0.29, 0.717) is 27.0 Å². The molecule has 3 aromatic rings. The van der Waals surface area contributed by atoms with Crippen LogP contribution in [0.5, 0.6) is 11.5 Å². The zero-order valence-corrected chi connectivity index (χ0v) is 23.5. The monoisotopic (exact) mass is 608 g/mol. The second-order valence-corrected chi connectivity index (χ2v) is 11.3. The standard InChI is InChI=1S/C27H23F3N2O7S2/c1-4-39-18(33)12-31-25-22(41-26(31)36)19(13-8-9-16(37-2)17(10-13)38-3)20-21(40-25)24(35)32(23(20)34)15-7-5-6-14(11-15)27(28,29)30/h5-11,19-21H,4,12H2,1-3H3/t19-,20?,21?/m1/s1. The zero-order chi connectivity index (χ0) is 29.6. The molecule has 0 bridgehead atoms. The van der Waals surface area contributed by atoms with Crippen LogP contribution in [0.1, 0.15) is 28.8 Å². The van der Waals surface area contributed by atoms with E-state index in [-0.39, 0.29) is 12.3 Å². The van der Waals surface area contributed by atoms with E-state index in [2.05, 4.69) is 0 Å². The summed E-state index contributed by atoms with van der Waals surface area (Å²) in [4.78, 5) is 53.8. The van der Waals surface area contributed by atoms with Crippen molar-refractivity contribution in [2.45, 2.75) is 35.8 Å². The van der Waals surface area contributed by atoms with E-state index in [9.17, 15) is 32.3 Å². The molecule has 0 spiro atoms. The maximum Gasteiger partial charge on any atom is 0.416 e. The number of carbonyl (C=O) groups is 3. The Morgan fingerprint density at radius 2 is 1.73 bits per heavy atom. The molecular weight excluding hydrogens is 585 g/mol. The molecule has 2 aliphatic heterocycles. The number of fused-ring (bicyclic) bond motifs is 2. The van der Waals surface area contributed by atoms with Crippen LogP contribution in [0, 0.1) is 5.92 Å². The van der Waals surface area contributed by atoms with Gasteiger partial charge in [-0.25, -0.2) is 4.90 Å². The Balaban J connectivity index is 1.66. The van der Waals surface area contributed by atoms with Crippen LogP contribution >= 0.6 is 23.1 Å². The minimum Gasteiger partial charge on any atom is -0.493 e. The third-order valence-electron chi connectivity index (χ3n) is 6.84. The highest BCUT2D eigenvalue weighted by atomic mass is 32.2. The number of benzene rings is 2. The van der Waals surface area contributed by atoms with Crippen LogP contribution in [0.4, 0.5) is 18.9 Å². The van der Waals surface area contributed by atoms with E-state index < -0.39 is 58.0 Å². The van der Waals surface area contributed by atoms with Crippen LogP contribution in [-0.2, 0) is 31.8 Å². The number of methoxy groups -OCH3 is 2. The number of amides is 2. The molecule has 2 aliphatic rings. The molecule has 1 fully saturated rings. The van der Waals surface area contributed by atoms with Gasteiger partial charge in [-0.2, -0.15) is 13.2 Å². The fraction of sp³-hybridized carbons (Fsp3) is 0.333. The topological polar surface area (TPSA) is 104 Å². The number of thiazole rings is 1. The average molecular weight is 609 g/mol. The predicted octanol–water partition coefficient (Wildman–Crippen LogP) is 4.30. The molecule has 2 aromatic carbocycles. The molecule has 3 atom stereocenters. The van der Waals surface area contributed by atoms with Gasteiger partial charge in [0.05, 0.1) is 43.0 Å². The van der Waals surface area contributed by atoms with Crippen LogP contribution in [0.2, 0.25) is 0 Å². The van der Waals surface area contributed by atoms with Crippen molar-refractivity contribution in [3.63, 3.8) is 0 Å². The predicted molar refractivity (Wildman–Crippen MR) is 144 cm³/mol. The molecule has 0 N–H and O–H groups in total. The van der Waals surface area contributed by atoms with Crippen LogP contribution in [0.25, 0.3) is 0 Å².